The number of benzene rings is 1. The molecule has 202 valence electrons. The van der Waals surface area contributed by atoms with Gasteiger partial charge in [-0.25, -0.2) is 24.9 Å². The molecule has 0 radical (unpaired) electrons. The maximum Gasteiger partial charge on any atom is 0.234 e. The van der Waals surface area contributed by atoms with E-state index >= 15 is 0 Å². The lowest BCUT2D eigenvalue weighted by Crippen LogP contribution is -2.43. The second-order valence-corrected chi connectivity index (χ2v) is 9.99. The Labute approximate surface area is 237 Å². The van der Waals surface area contributed by atoms with Crippen LogP contribution < -0.4 is 10.6 Å². The van der Waals surface area contributed by atoms with Crippen LogP contribution in [0, 0.1) is 22.7 Å². The molecule has 4 aromatic heterocycles. The summed E-state index contributed by atoms with van der Waals surface area (Å²) in [6.45, 7) is 2.77. The van der Waals surface area contributed by atoms with Gasteiger partial charge in [0.25, 0.3) is 0 Å². The number of piperidine rings is 1. The molecule has 0 amide bonds. The van der Waals surface area contributed by atoms with E-state index in [1.165, 1.54) is 5.56 Å². The summed E-state index contributed by atoms with van der Waals surface area (Å²) in [6, 6.07) is 21.9. The Bertz CT molecular complexity index is 1790. The molecule has 1 aromatic carbocycles. The predicted molar refractivity (Wildman–Crippen MR) is 155 cm³/mol. The van der Waals surface area contributed by atoms with Crippen LogP contribution in [-0.4, -0.2) is 60.6 Å². The molecule has 0 spiro atoms. The van der Waals surface area contributed by atoms with Gasteiger partial charge in [-0.1, -0.05) is 12.1 Å². The maximum atomic E-state index is 9.45. The van der Waals surface area contributed by atoms with E-state index in [9.17, 15) is 5.26 Å². The van der Waals surface area contributed by atoms with E-state index in [4.69, 9.17) is 16.0 Å². The highest BCUT2D eigenvalue weighted by atomic mass is 15.2. The first-order valence-electron chi connectivity index (χ1n) is 13.3. The zero-order valence-electron chi connectivity index (χ0n) is 22.5. The summed E-state index contributed by atoms with van der Waals surface area (Å²) in [5.74, 6) is 1.97. The van der Waals surface area contributed by atoms with Crippen LogP contribution in [0.3, 0.4) is 0 Å². The Kier molecular flexibility index (Phi) is 6.94. The second-order valence-electron chi connectivity index (χ2n) is 9.99. The number of nitrogens with two attached hydrogens (primary N) is 1. The minimum atomic E-state index is 0.191. The Morgan fingerprint density at radius 3 is 2.46 bits per heavy atom. The SMILES string of the molecule is CN(c1ccnc(C#N)n1)C1CCN(Cc2ccc(-n3c(-c4cccnc4N)nc4ccc(C#N)nc43)cc2)CC1. The van der Waals surface area contributed by atoms with Gasteiger partial charge in [0.2, 0.25) is 5.82 Å². The summed E-state index contributed by atoms with van der Waals surface area (Å²) in [6.07, 6.45) is 5.29. The number of anilines is 2. The Balaban J connectivity index is 1.20. The third-order valence-electron chi connectivity index (χ3n) is 7.51. The minimum Gasteiger partial charge on any atom is -0.383 e. The van der Waals surface area contributed by atoms with Gasteiger partial charge in [0.15, 0.2) is 11.5 Å². The van der Waals surface area contributed by atoms with Gasteiger partial charge in [-0.3, -0.25) is 9.47 Å². The van der Waals surface area contributed by atoms with Crippen molar-refractivity contribution in [1.82, 2.24) is 34.4 Å². The van der Waals surface area contributed by atoms with Crippen LogP contribution in [0.4, 0.5) is 11.6 Å². The molecule has 1 aliphatic rings. The number of hydrogen-bond acceptors (Lipinski definition) is 10. The first-order chi connectivity index (χ1) is 20.0. The molecule has 6 rings (SSSR count). The first kappa shape index (κ1) is 25.9. The molecule has 1 saturated heterocycles. The van der Waals surface area contributed by atoms with E-state index in [-0.39, 0.29) is 5.82 Å². The molecule has 2 N–H and O–H groups in total. The smallest absolute Gasteiger partial charge is 0.234 e. The summed E-state index contributed by atoms with van der Waals surface area (Å²) < 4.78 is 1.93. The minimum absolute atomic E-state index is 0.191. The van der Waals surface area contributed by atoms with Crippen LogP contribution >= 0.6 is 0 Å². The summed E-state index contributed by atoms with van der Waals surface area (Å²) in [5.41, 5.74) is 10.6. The van der Waals surface area contributed by atoms with Crippen molar-refractivity contribution in [2.75, 3.05) is 30.8 Å². The normalized spacial score (nSPS) is 14.0. The van der Waals surface area contributed by atoms with Crippen molar-refractivity contribution in [1.29, 1.82) is 10.5 Å². The molecule has 0 atom stereocenters. The van der Waals surface area contributed by atoms with Crippen molar-refractivity contribution in [3.05, 3.63) is 84.1 Å². The number of imidazole rings is 1. The number of fused-ring (bicyclic) bond motifs is 1. The highest BCUT2D eigenvalue weighted by Crippen LogP contribution is 2.31. The second kappa shape index (κ2) is 11.0. The summed E-state index contributed by atoms with van der Waals surface area (Å²) >= 11 is 0. The monoisotopic (exact) mass is 541 g/mol. The van der Waals surface area contributed by atoms with E-state index < -0.39 is 0 Å². The van der Waals surface area contributed by atoms with Crippen molar-refractivity contribution in [3.8, 4) is 29.2 Å². The standard InChI is InChI=1S/C30H27N11/c1-39(27-10-14-34-26(18-32)38-27)22-11-15-40(16-12-22)19-20-4-7-23(8-5-20)41-29(24-3-2-13-35-28(24)33)37-25-9-6-21(17-31)36-30(25)41/h2-10,13-14,22H,11-12,15-16,19H2,1H3,(H2,33,35). The highest BCUT2D eigenvalue weighted by molar-refractivity contribution is 5.83. The van der Waals surface area contributed by atoms with Gasteiger partial charge in [-0.15, -0.1) is 0 Å². The topological polar surface area (TPSA) is 149 Å². The van der Waals surface area contributed by atoms with Crippen LogP contribution in [0.15, 0.2) is 67.0 Å². The number of hydrogen-bond donors (Lipinski definition) is 1. The van der Waals surface area contributed by atoms with Gasteiger partial charge in [0, 0.05) is 50.8 Å². The fourth-order valence-corrected chi connectivity index (χ4v) is 5.31. The molecule has 11 heteroatoms. The van der Waals surface area contributed by atoms with Crippen LogP contribution in [0.1, 0.15) is 29.9 Å². The van der Waals surface area contributed by atoms with Gasteiger partial charge < -0.3 is 10.6 Å². The fourth-order valence-electron chi connectivity index (χ4n) is 5.31. The molecule has 11 nitrogen and oxygen atoms in total. The Morgan fingerprint density at radius 2 is 1.73 bits per heavy atom. The largest absolute Gasteiger partial charge is 0.383 e. The number of likely N-dealkylation sites (tertiary alicyclic amines) is 1. The number of rotatable bonds is 6. The fraction of sp³-hybridized carbons (Fsp3) is 0.233. The summed E-state index contributed by atoms with van der Waals surface area (Å²) in [5, 5.41) is 18.6. The third-order valence-corrected chi connectivity index (χ3v) is 7.51. The predicted octanol–water partition coefficient (Wildman–Crippen LogP) is 3.70. The van der Waals surface area contributed by atoms with E-state index in [1.54, 1.807) is 24.5 Å². The summed E-state index contributed by atoms with van der Waals surface area (Å²) in [4.78, 5) is 26.5. The number of aromatic nitrogens is 6. The van der Waals surface area contributed by atoms with E-state index in [2.05, 4.69) is 60.1 Å². The van der Waals surface area contributed by atoms with Crippen molar-refractivity contribution in [2.45, 2.75) is 25.4 Å². The lowest BCUT2D eigenvalue weighted by Gasteiger charge is -2.37. The number of nitrogen functional groups attached to an aromatic ring is 1. The molecular formula is C30H27N11. The molecule has 1 fully saturated rings. The number of nitriles is 2. The quantitative estimate of drug-likeness (QED) is 0.337. The van der Waals surface area contributed by atoms with Crippen LogP contribution in [-0.2, 0) is 6.54 Å². The molecule has 0 saturated carbocycles. The number of pyridine rings is 2. The van der Waals surface area contributed by atoms with Gasteiger partial charge in [0.1, 0.15) is 35.0 Å². The molecule has 0 bridgehead atoms. The molecule has 5 aromatic rings. The van der Waals surface area contributed by atoms with Crippen molar-refractivity contribution < 1.29 is 0 Å². The van der Waals surface area contributed by atoms with Gasteiger partial charge in [-0.05, 0) is 60.9 Å². The van der Waals surface area contributed by atoms with Gasteiger partial charge in [0.05, 0.1) is 5.56 Å². The van der Waals surface area contributed by atoms with Crippen molar-refractivity contribution in [3.63, 3.8) is 0 Å². The molecule has 41 heavy (non-hydrogen) atoms. The van der Waals surface area contributed by atoms with Crippen molar-refractivity contribution in [2.24, 2.45) is 0 Å². The first-order valence-corrected chi connectivity index (χ1v) is 13.3. The summed E-state index contributed by atoms with van der Waals surface area (Å²) in [7, 11) is 2.03. The average Bonchev–Trinajstić information content (AvgIpc) is 3.40. The highest BCUT2D eigenvalue weighted by Gasteiger charge is 2.24. The van der Waals surface area contributed by atoms with E-state index in [0.29, 0.717) is 40.1 Å². The van der Waals surface area contributed by atoms with Gasteiger partial charge >= 0.3 is 0 Å². The van der Waals surface area contributed by atoms with Crippen LogP contribution in [0.5, 0.6) is 0 Å². The number of nitrogens with zero attached hydrogens (tertiary/aromatic N) is 10. The lowest BCUT2D eigenvalue weighted by molar-refractivity contribution is 0.203. The van der Waals surface area contributed by atoms with E-state index in [1.807, 2.05) is 35.9 Å². The third kappa shape index (κ3) is 5.14. The Hall–Kier alpha value is -5.39. The average molecular weight is 542 g/mol. The maximum absolute atomic E-state index is 9.45. The molecule has 0 unspecified atom stereocenters. The molecule has 1 aliphatic heterocycles. The molecule has 5 heterocycles. The lowest BCUT2D eigenvalue weighted by atomic mass is 10.0. The zero-order valence-corrected chi connectivity index (χ0v) is 22.5. The van der Waals surface area contributed by atoms with Crippen LogP contribution in [0.25, 0.3) is 28.2 Å². The van der Waals surface area contributed by atoms with Crippen LogP contribution in [0.2, 0.25) is 0 Å². The zero-order chi connectivity index (χ0) is 28.3. The molecule has 0 aliphatic carbocycles. The van der Waals surface area contributed by atoms with E-state index in [0.717, 1.165) is 44.0 Å². The molecular weight excluding hydrogens is 514 g/mol. The van der Waals surface area contributed by atoms with Crippen molar-refractivity contribution >= 4 is 22.8 Å². The van der Waals surface area contributed by atoms with Gasteiger partial charge in [-0.2, -0.15) is 10.5 Å². The Morgan fingerprint density at radius 1 is 0.927 bits per heavy atom.